The zero-order chi connectivity index (χ0) is 31.3. The molecule has 0 aromatic heterocycles. The van der Waals surface area contributed by atoms with Gasteiger partial charge in [-0.3, -0.25) is 13.9 Å². The van der Waals surface area contributed by atoms with E-state index in [0.717, 1.165) is 42.0 Å². The molecule has 3 aromatic rings. The number of amides is 2. The highest BCUT2D eigenvalue weighted by molar-refractivity contribution is 7.92. The molecule has 3 aromatic carbocycles. The predicted molar refractivity (Wildman–Crippen MR) is 173 cm³/mol. The largest absolute Gasteiger partial charge is 0.352 e. The molecule has 0 heterocycles. The summed E-state index contributed by atoms with van der Waals surface area (Å²) in [4.78, 5) is 29.1. The van der Waals surface area contributed by atoms with Crippen LogP contribution in [-0.2, 0) is 26.2 Å². The number of halogens is 3. The van der Waals surface area contributed by atoms with E-state index in [1.807, 2.05) is 6.92 Å². The highest BCUT2D eigenvalue weighted by Crippen LogP contribution is 2.31. The molecule has 43 heavy (non-hydrogen) atoms. The second-order valence-electron chi connectivity index (χ2n) is 11.0. The Labute approximate surface area is 269 Å². The number of hydrogen-bond acceptors (Lipinski definition) is 4. The Balaban J connectivity index is 1.73. The first-order chi connectivity index (χ1) is 20.4. The van der Waals surface area contributed by atoms with Crippen molar-refractivity contribution in [2.24, 2.45) is 0 Å². The molecule has 0 aliphatic heterocycles. The van der Waals surface area contributed by atoms with Crippen LogP contribution in [0.5, 0.6) is 0 Å². The molecular formula is C32H36Cl3N3O4S. The molecule has 1 unspecified atom stereocenters. The van der Waals surface area contributed by atoms with Crippen LogP contribution in [0.25, 0.3) is 0 Å². The average Bonchev–Trinajstić information content (AvgIpc) is 2.96. The molecule has 1 aliphatic carbocycles. The van der Waals surface area contributed by atoms with Crippen LogP contribution in [0.1, 0.15) is 55.7 Å². The number of hydrogen-bond donors (Lipinski definition) is 1. The normalized spacial score (nSPS) is 14.7. The lowest BCUT2D eigenvalue weighted by atomic mass is 9.95. The van der Waals surface area contributed by atoms with Gasteiger partial charge in [0.2, 0.25) is 11.8 Å². The van der Waals surface area contributed by atoms with Crippen molar-refractivity contribution >= 4 is 62.3 Å². The molecular weight excluding hydrogens is 629 g/mol. The molecule has 0 saturated heterocycles. The maximum atomic E-state index is 14.2. The lowest BCUT2D eigenvalue weighted by Crippen LogP contribution is -2.53. The third kappa shape index (κ3) is 8.04. The fourth-order valence-electron chi connectivity index (χ4n) is 5.25. The van der Waals surface area contributed by atoms with Crippen molar-refractivity contribution < 1.29 is 18.0 Å². The van der Waals surface area contributed by atoms with Gasteiger partial charge in [0.25, 0.3) is 10.0 Å². The maximum absolute atomic E-state index is 14.2. The van der Waals surface area contributed by atoms with Crippen LogP contribution in [0.3, 0.4) is 0 Å². The van der Waals surface area contributed by atoms with Crippen molar-refractivity contribution in [3.63, 3.8) is 0 Å². The number of sulfonamides is 1. The lowest BCUT2D eigenvalue weighted by molar-refractivity contribution is -0.139. The SMILES string of the molecule is Cc1ccc(S(=O)(=O)N(CC(=O)N(Cc2c(Cl)cccc2Cl)C(C)C(=O)NC2CCCCC2)c2ccc(Cl)cc2C)cc1. The maximum Gasteiger partial charge on any atom is 0.264 e. The molecule has 7 nitrogen and oxygen atoms in total. The molecule has 1 saturated carbocycles. The Morgan fingerprint density at radius 1 is 0.930 bits per heavy atom. The first kappa shape index (κ1) is 33.1. The van der Waals surface area contributed by atoms with Gasteiger partial charge in [-0.05, 0) is 81.6 Å². The van der Waals surface area contributed by atoms with Crippen molar-refractivity contribution in [3.05, 3.63) is 92.4 Å². The van der Waals surface area contributed by atoms with Gasteiger partial charge in [0.15, 0.2) is 0 Å². The minimum Gasteiger partial charge on any atom is -0.352 e. The second kappa shape index (κ2) is 14.3. The van der Waals surface area contributed by atoms with E-state index in [-0.39, 0.29) is 23.4 Å². The Morgan fingerprint density at radius 2 is 1.56 bits per heavy atom. The summed E-state index contributed by atoms with van der Waals surface area (Å²) in [6, 6.07) is 15.3. The molecule has 1 N–H and O–H groups in total. The van der Waals surface area contributed by atoms with Crippen molar-refractivity contribution in [3.8, 4) is 0 Å². The van der Waals surface area contributed by atoms with E-state index in [4.69, 9.17) is 34.8 Å². The summed E-state index contributed by atoms with van der Waals surface area (Å²) in [5, 5.41) is 4.19. The first-order valence-electron chi connectivity index (χ1n) is 14.3. The molecule has 0 spiro atoms. The summed E-state index contributed by atoms with van der Waals surface area (Å²) in [5.41, 5.74) is 2.23. The summed E-state index contributed by atoms with van der Waals surface area (Å²) in [5.74, 6) is -0.911. The second-order valence-corrected chi connectivity index (χ2v) is 14.1. The zero-order valence-electron chi connectivity index (χ0n) is 24.4. The van der Waals surface area contributed by atoms with Crippen LogP contribution >= 0.6 is 34.8 Å². The van der Waals surface area contributed by atoms with E-state index in [9.17, 15) is 18.0 Å². The van der Waals surface area contributed by atoms with E-state index in [2.05, 4.69) is 5.32 Å². The standard InChI is InChI=1S/C32H36Cl3N3O4S/c1-21-12-15-26(16-13-21)43(41,42)38(30-17-14-24(33)18-22(30)2)20-31(39)37(19-27-28(34)10-7-11-29(27)35)23(3)32(40)36-25-8-5-4-6-9-25/h7,10-18,23,25H,4-6,8-9,19-20H2,1-3H3,(H,36,40). The molecule has 1 atom stereocenters. The van der Waals surface area contributed by atoms with Gasteiger partial charge >= 0.3 is 0 Å². The summed E-state index contributed by atoms with van der Waals surface area (Å²) >= 11 is 19.1. The number of rotatable bonds is 10. The van der Waals surface area contributed by atoms with E-state index in [0.29, 0.717) is 31.9 Å². The van der Waals surface area contributed by atoms with Crippen molar-refractivity contribution in [1.82, 2.24) is 10.2 Å². The van der Waals surface area contributed by atoms with Crippen LogP contribution in [-0.4, -0.2) is 43.8 Å². The molecule has 1 aliphatic rings. The van der Waals surface area contributed by atoms with E-state index in [1.54, 1.807) is 62.4 Å². The van der Waals surface area contributed by atoms with Gasteiger partial charge in [-0.2, -0.15) is 0 Å². The van der Waals surface area contributed by atoms with E-state index < -0.39 is 28.5 Å². The Bertz CT molecular complexity index is 1550. The Morgan fingerprint density at radius 3 is 2.16 bits per heavy atom. The summed E-state index contributed by atoms with van der Waals surface area (Å²) in [6.07, 6.45) is 4.95. The van der Waals surface area contributed by atoms with Gasteiger partial charge < -0.3 is 10.2 Å². The number of nitrogens with one attached hydrogen (secondary N) is 1. The van der Waals surface area contributed by atoms with Gasteiger partial charge in [-0.25, -0.2) is 8.42 Å². The Hall–Kier alpha value is -2.78. The minimum absolute atomic E-state index is 0.0275. The lowest BCUT2D eigenvalue weighted by Gasteiger charge is -2.34. The minimum atomic E-state index is -4.20. The Kier molecular flexibility index (Phi) is 11.0. The van der Waals surface area contributed by atoms with Crippen molar-refractivity contribution in [1.29, 1.82) is 0 Å². The molecule has 2 amide bonds. The van der Waals surface area contributed by atoms with Crippen LogP contribution in [0.4, 0.5) is 5.69 Å². The number of anilines is 1. The highest BCUT2D eigenvalue weighted by atomic mass is 35.5. The third-order valence-corrected chi connectivity index (χ3v) is 10.5. The van der Waals surface area contributed by atoms with Gasteiger partial charge in [-0.15, -0.1) is 0 Å². The van der Waals surface area contributed by atoms with Gasteiger partial charge in [-0.1, -0.05) is 77.8 Å². The van der Waals surface area contributed by atoms with E-state index >= 15 is 0 Å². The molecule has 1 fully saturated rings. The number of carbonyl (C=O) groups is 2. The smallest absolute Gasteiger partial charge is 0.264 e. The molecule has 230 valence electrons. The number of aryl methyl sites for hydroxylation is 2. The first-order valence-corrected chi connectivity index (χ1v) is 16.8. The number of nitrogens with zero attached hydrogens (tertiary/aromatic N) is 2. The van der Waals surface area contributed by atoms with Crippen molar-refractivity contribution in [2.75, 3.05) is 10.8 Å². The molecule has 4 rings (SSSR count). The topological polar surface area (TPSA) is 86.8 Å². The van der Waals surface area contributed by atoms with Crippen LogP contribution < -0.4 is 9.62 Å². The summed E-state index contributed by atoms with van der Waals surface area (Å²) < 4.78 is 29.2. The average molecular weight is 665 g/mol. The predicted octanol–water partition coefficient (Wildman–Crippen LogP) is 7.33. The van der Waals surface area contributed by atoms with Crippen molar-refractivity contribution in [2.45, 2.75) is 76.4 Å². The zero-order valence-corrected chi connectivity index (χ0v) is 27.5. The highest BCUT2D eigenvalue weighted by Gasteiger charge is 2.34. The fraction of sp³-hybridized carbons (Fsp3) is 0.375. The number of carbonyl (C=O) groups excluding carboxylic acids is 2. The molecule has 11 heteroatoms. The van der Waals surface area contributed by atoms with Crippen LogP contribution in [0, 0.1) is 13.8 Å². The summed E-state index contributed by atoms with van der Waals surface area (Å²) in [6.45, 7) is 4.56. The van der Waals surface area contributed by atoms with Gasteiger partial charge in [0.1, 0.15) is 12.6 Å². The van der Waals surface area contributed by atoms with Gasteiger partial charge in [0, 0.05) is 33.2 Å². The third-order valence-electron chi connectivity index (χ3n) is 7.82. The van der Waals surface area contributed by atoms with Gasteiger partial charge in [0.05, 0.1) is 10.6 Å². The molecule has 0 bridgehead atoms. The number of benzene rings is 3. The molecule has 0 radical (unpaired) electrons. The fourth-order valence-corrected chi connectivity index (χ4v) is 7.48. The van der Waals surface area contributed by atoms with Crippen LogP contribution in [0.2, 0.25) is 15.1 Å². The van der Waals surface area contributed by atoms with Crippen LogP contribution in [0.15, 0.2) is 65.6 Å². The quantitative estimate of drug-likeness (QED) is 0.246. The summed E-state index contributed by atoms with van der Waals surface area (Å²) in [7, 11) is -4.20. The monoisotopic (exact) mass is 663 g/mol. The van der Waals surface area contributed by atoms with E-state index in [1.165, 1.54) is 17.0 Å².